The minimum atomic E-state index is 0.0117. The number of carbonyl (C=O) groups excluding carboxylic acids is 1. The largest absolute Gasteiger partial charge is 0.369 e. The molecule has 0 saturated carbocycles. The van der Waals surface area contributed by atoms with Crippen LogP contribution in [0.15, 0.2) is 53.1 Å². The molecule has 1 unspecified atom stereocenters. The number of nitrogens with zero attached hydrogens (tertiary/aromatic N) is 2. The predicted octanol–water partition coefficient (Wildman–Crippen LogP) is 6.64. The van der Waals surface area contributed by atoms with E-state index < -0.39 is 0 Å². The molecular weight excluding hydrogens is 410 g/mol. The van der Waals surface area contributed by atoms with Gasteiger partial charge in [0.2, 0.25) is 0 Å². The van der Waals surface area contributed by atoms with Gasteiger partial charge >= 0.3 is 0 Å². The highest BCUT2D eigenvalue weighted by Gasteiger charge is 2.34. The van der Waals surface area contributed by atoms with Crippen LogP contribution in [0.4, 0.5) is 17.1 Å². The van der Waals surface area contributed by atoms with Crippen LogP contribution in [0.5, 0.6) is 0 Å². The van der Waals surface area contributed by atoms with E-state index in [4.69, 9.17) is 4.52 Å². The third-order valence-electron chi connectivity index (χ3n) is 7.04. The second-order valence-electron chi connectivity index (χ2n) is 9.57. The van der Waals surface area contributed by atoms with Gasteiger partial charge in [0.1, 0.15) is 5.52 Å². The van der Waals surface area contributed by atoms with Gasteiger partial charge in [-0.25, -0.2) is 0 Å². The topological polar surface area (TPSA) is 58.4 Å². The SMILES string of the molecule is Cc1ccc(C)c(Nc2cc(N3CCCC(C)C3)c3noc4c3c2C(=O)c2ccccc2-4)c1. The Labute approximate surface area is 193 Å². The fourth-order valence-electron chi connectivity index (χ4n) is 5.31. The zero-order valence-corrected chi connectivity index (χ0v) is 19.2. The van der Waals surface area contributed by atoms with E-state index in [0.29, 0.717) is 22.8 Å². The molecule has 166 valence electrons. The van der Waals surface area contributed by atoms with Crippen molar-refractivity contribution in [2.75, 3.05) is 23.3 Å². The number of nitrogens with one attached hydrogen (secondary N) is 1. The van der Waals surface area contributed by atoms with Crippen LogP contribution < -0.4 is 10.2 Å². The monoisotopic (exact) mass is 437 g/mol. The highest BCUT2D eigenvalue weighted by molar-refractivity contribution is 6.28. The number of hydrogen-bond donors (Lipinski definition) is 1. The fraction of sp³-hybridized carbons (Fsp3) is 0.286. The molecule has 3 aromatic carbocycles. The molecule has 1 N–H and O–H groups in total. The molecule has 5 heteroatoms. The summed E-state index contributed by atoms with van der Waals surface area (Å²) in [6, 6.07) is 16.1. The second-order valence-corrected chi connectivity index (χ2v) is 9.57. The quantitative estimate of drug-likeness (QED) is 0.343. The molecule has 1 aliphatic carbocycles. The third-order valence-corrected chi connectivity index (χ3v) is 7.04. The Morgan fingerprint density at radius 1 is 1.06 bits per heavy atom. The van der Waals surface area contributed by atoms with Gasteiger partial charge in [0.25, 0.3) is 0 Å². The highest BCUT2D eigenvalue weighted by atomic mass is 16.5. The second kappa shape index (κ2) is 7.48. The lowest BCUT2D eigenvalue weighted by atomic mass is 9.86. The molecule has 0 amide bonds. The number of fused-ring (bicyclic) bond motifs is 2. The maximum atomic E-state index is 13.8. The molecular formula is C28H27N3O2. The zero-order chi connectivity index (χ0) is 22.7. The zero-order valence-electron chi connectivity index (χ0n) is 19.2. The van der Waals surface area contributed by atoms with Crippen molar-refractivity contribution in [3.8, 4) is 11.3 Å². The number of piperidine rings is 1. The van der Waals surface area contributed by atoms with Gasteiger partial charge in [-0.1, -0.05) is 48.5 Å². The summed E-state index contributed by atoms with van der Waals surface area (Å²) < 4.78 is 5.92. The Bertz CT molecular complexity index is 1420. The van der Waals surface area contributed by atoms with Crippen molar-refractivity contribution in [2.45, 2.75) is 33.6 Å². The standard InChI is InChI=1S/C28H27N3O2/c1-16-10-11-18(3)21(13-16)29-22-14-23(31-12-6-7-17(2)15-31)26-25-24(22)27(32)19-8-4-5-9-20(19)28(25)33-30-26/h4-5,8-11,13-14,17,29H,6-7,12,15H2,1-3H3. The first-order valence-electron chi connectivity index (χ1n) is 11.7. The first kappa shape index (κ1) is 20.0. The number of benzene rings is 3. The summed E-state index contributed by atoms with van der Waals surface area (Å²) in [5.41, 5.74) is 8.07. The van der Waals surface area contributed by atoms with E-state index in [2.05, 4.69) is 60.4 Å². The van der Waals surface area contributed by atoms with Gasteiger partial charge in [-0.15, -0.1) is 0 Å². The van der Waals surface area contributed by atoms with Crippen LogP contribution in [0, 0.1) is 19.8 Å². The van der Waals surface area contributed by atoms with Crippen molar-refractivity contribution in [3.63, 3.8) is 0 Å². The fourth-order valence-corrected chi connectivity index (χ4v) is 5.31. The summed E-state index contributed by atoms with van der Waals surface area (Å²) in [4.78, 5) is 16.2. The van der Waals surface area contributed by atoms with Gasteiger partial charge in [0.05, 0.1) is 22.3 Å². The van der Waals surface area contributed by atoms with E-state index in [1.807, 2.05) is 24.3 Å². The molecule has 0 bridgehead atoms. The summed E-state index contributed by atoms with van der Waals surface area (Å²) >= 11 is 0. The predicted molar refractivity (Wildman–Crippen MR) is 133 cm³/mol. The van der Waals surface area contributed by atoms with Crippen molar-refractivity contribution in [3.05, 3.63) is 70.8 Å². The van der Waals surface area contributed by atoms with Crippen LogP contribution in [0.3, 0.4) is 0 Å². The molecule has 33 heavy (non-hydrogen) atoms. The summed E-state index contributed by atoms with van der Waals surface area (Å²) in [6.45, 7) is 8.42. The Morgan fingerprint density at radius 3 is 2.70 bits per heavy atom. The summed E-state index contributed by atoms with van der Waals surface area (Å²) in [5, 5.41) is 8.94. The Morgan fingerprint density at radius 2 is 1.88 bits per heavy atom. The summed E-state index contributed by atoms with van der Waals surface area (Å²) in [7, 11) is 0. The van der Waals surface area contributed by atoms with Crippen molar-refractivity contribution >= 4 is 33.7 Å². The summed E-state index contributed by atoms with van der Waals surface area (Å²) in [5.74, 6) is 1.31. The number of rotatable bonds is 3. The van der Waals surface area contributed by atoms with E-state index in [0.717, 1.165) is 58.6 Å². The summed E-state index contributed by atoms with van der Waals surface area (Å²) in [6.07, 6.45) is 2.39. The molecule has 2 aliphatic rings. The lowest BCUT2D eigenvalue weighted by Crippen LogP contribution is -2.34. The van der Waals surface area contributed by atoms with Crippen LogP contribution in [0.25, 0.3) is 22.2 Å². The third kappa shape index (κ3) is 3.14. The highest BCUT2D eigenvalue weighted by Crippen LogP contribution is 2.47. The number of hydrogen-bond acceptors (Lipinski definition) is 5. The molecule has 1 saturated heterocycles. The van der Waals surface area contributed by atoms with Crippen molar-refractivity contribution in [1.29, 1.82) is 0 Å². The number of ketones is 1. The number of carbonyl (C=O) groups is 1. The molecule has 1 aromatic heterocycles. The number of aryl methyl sites for hydroxylation is 2. The van der Waals surface area contributed by atoms with Crippen molar-refractivity contribution < 1.29 is 9.32 Å². The minimum absolute atomic E-state index is 0.0117. The van der Waals surface area contributed by atoms with Gasteiger partial charge in [-0.2, -0.15) is 0 Å². The van der Waals surface area contributed by atoms with Crippen molar-refractivity contribution in [2.24, 2.45) is 5.92 Å². The van der Waals surface area contributed by atoms with Gasteiger partial charge in [0.15, 0.2) is 11.5 Å². The molecule has 4 aromatic rings. The van der Waals surface area contributed by atoms with Gasteiger partial charge in [0, 0.05) is 29.9 Å². The Kier molecular flexibility index (Phi) is 4.54. The number of anilines is 3. The first-order valence-corrected chi connectivity index (χ1v) is 11.7. The molecule has 2 heterocycles. The van der Waals surface area contributed by atoms with E-state index in [-0.39, 0.29) is 5.78 Å². The molecule has 0 radical (unpaired) electrons. The Balaban J connectivity index is 1.62. The molecule has 0 spiro atoms. The van der Waals surface area contributed by atoms with Crippen LogP contribution >= 0.6 is 0 Å². The van der Waals surface area contributed by atoms with Crippen LogP contribution in [0.2, 0.25) is 0 Å². The maximum Gasteiger partial charge on any atom is 0.196 e. The minimum Gasteiger partial charge on any atom is -0.369 e. The average Bonchev–Trinajstić information content (AvgIpc) is 3.25. The maximum absolute atomic E-state index is 13.8. The van der Waals surface area contributed by atoms with Gasteiger partial charge in [-0.3, -0.25) is 4.79 Å². The van der Waals surface area contributed by atoms with E-state index in [1.165, 1.54) is 12.0 Å². The number of aromatic nitrogens is 1. The van der Waals surface area contributed by atoms with E-state index in [1.54, 1.807) is 0 Å². The Hall–Kier alpha value is -3.60. The van der Waals surface area contributed by atoms with Gasteiger partial charge in [-0.05, 0) is 55.9 Å². The molecule has 1 atom stereocenters. The van der Waals surface area contributed by atoms with E-state index in [9.17, 15) is 4.79 Å². The molecule has 1 fully saturated rings. The van der Waals surface area contributed by atoms with Crippen LogP contribution in [-0.2, 0) is 0 Å². The van der Waals surface area contributed by atoms with Crippen LogP contribution in [0.1, 0.15) is 46.8 Å². The lowest BCUT2D eigenvalue weighted by molar-refractivity contribution is 0.104. The lowest BCUT2D eigenvalue weighted by Gasteiger charge is -2.33. The smallest absolute Gasteiger partial charge is 0.196 e. The van der Waals surface area contributed by atoms with Crippen molar-refractivity contribution in [1.82, 2.24) is 5.16 Å². The molecule has 5 nitrogen and oxygen atoms in total. The molecule has 6 rings (SSSR count). The van der Waals surface area contributed by atoms with E-state index >= 15 is 0 Å². The normalized spacial score (nSPS) is 17.4. The van der Waals surface area contributed by atoms with Crippen LogP contribution in [-0.4, -0.2) is 24.0 Å². The van der Waals surface area contributed by atoms with Gasteiger partial charge < -0.3 is 14.7 Å². The average molecular weight is 438 g/mol. The first-order chi connectivity index (χ1) is 16.0. The molecule has 1 aliphatic heterocycles.